The summed E-state index contributed by atoms with van der Waals surface area (Å²) >= 11 is 0. The lowest BCUT2D eigenvalue weighted by Crippen LogP contribution is -2.36. The maximum atomic E-state index is 11.9. The second-order valence-corrected chi connectivity index (χ2v) is 2.40. The van der Waals surface area contributed by atoms with E-state index in [-0.39, 0.29) is 0 Å². The van der Waals surface area contributed by atoms with Gasteiger partial charge in [0.25, 0.3) is 5.95 Å². The fourth-order valence-electron chi connectivity index (χ4n) is 0.581. The van der Waals surface area contributed by atoms with E-state index < -0.39 is 41.8 Å². The number of carboxylic acids is 1. The molecule has 0 aromatic heterocycles. The minimum absolute atomic E-state index is 1.28. The molecule has 1 N–H and O–H groups in total. The van der Waals surface area contributed by atoms with E-state index in [1.54, 1.807) is 0 Å². The van der Waals surface area contributed by atoms with Crippen LogP contribution in [0.25, 0.3) is 0 Å². The quantitative estimate of drug-likeness (QED) is 0.444. The van der Waals surface area contributed by atoms with Gasteiger partial charge in [-0.1, -0.05) is 4.48 Å². The predicted molar refractivity (Wildman–Crippen MR) is 35.6 cm³/mol. The summed E-state index contributed by atoms with van der Waals surface area (Å²) in [5.74, 6) is -6.34. The molecule has 3 nitrogen and oxygen atoms in total. The number of aliphatic carboxylic acids is 1. The van der Waals surface area contributed by atoms with Gasteiger partial charge in [0, 0.05) is 0 Å². The van der Waals surface area contributed by atoms with Crippen LogP contribution in [0.2, 0.25) is 0 Å². The summed E-state index contributed by atoms with van der Waals surface area (Å²) in [5, 5.41) is 5.48. The third-order valence-electron chi connectivity index (χ3n) is 1.27. The maximum Gasteiger partial charge on any atom is 0.390 e. The molecule has 0 saturated carbocycles. The monoisotopic (exact) mass is 255 g/mol. The first-order valence-electron chi connectivity index (χ1n) is 3.47. The van der Waals surface area contributed by atoms with Gasteiger partial charge in [-0.05, 0) is 0 Å². The topological polar surface area (TPSA) is 40.5 Å². The number of nitrogens with zero attached hydrogens (tertiary/aromatic N) is 1. The highest BCUT2D eigenvalue weighted by atomic mass is 19.3. The molecule has 0 saturated heterocycles. The highest BCUT2D eigenvalue weighted by Gasteiger charge is 2.59. The fraction of sp³-hybridized carbons (Fsp3) is 0.500. The van der Waals surface area contributed by atoms with Crippen LogP contribution in [0.15, 0.2) is 11.8 Å². The van der Waals surface area contributed by atoms with Crippen molar-refractivity contribution in [2.75, 3.05) is 6.67 Å². The molecule has 0 aliphatic carbocycles. The lowest BCUT2D eigenvalue weighted by Gasteiger charge is -2.15. The standard InChI is InChI=1S/C4HF6N.C2H3FO2/c5-1-2(6)4(8,9)11(10)3(1)7;3-1-2(4)5/h2H;1H2,(H,4,5). The van der Waals surface area contributed by atoms with Crippen LogP contribution in [-0.2, 0) is 4.79 Å². The average Bonchev–Trinajstić information content (AvgIpc) is 2.35. The second-order valence-electron chi connectivity index (χ2n) is 2.40. The minimum Gasteiger partial charge on any atom is -0.479 e. The molecule has 10 heteroatoms. The Labute approximate surface area is 83.7 Å². The van der Waals surface area contributed by atoms with Crippen LogP contribution in [0.3, 0.4) is 0 Å². The lowest BCUT2D eigenvalue weighted by atomic mass is 10.3. The Morgan fingerprint density at radius 2 is 1.81 bits per heavy atom. The van der Waals surface area contributed by atoms with E-state index in [4.69, 9.17) is 9.90 Å². The normalized spacial score (nSPS) is 22.9. The number of hydrogen-bond donors (Lipinski definition) is 1. The molecular formula is C6H4F7NO2. The Bertz CT molecular complexity index is 285. The largest absolute Gasteiger partial charge is 0.479 e. The van der Waals surface area contributed by atoms with Crippen LogP contribution in [0.1, 0.15) is 0 Å². The molecule has 1 heterocycles. The first kappa shape index (κ1) is 14.5. The summed E-state index contributed by atoms with van der Waals surface area (Å²) in [4.78, 5) is 8.99. The van der Waals surface area contributed by atoms with Crippen LogP contribution in [0.5, 0.6) is 0 Å². The van der Waals surface area contributed by atoms with Gasteiger partial charge in [-0.15, -0.1) is 5.12 Å². The SMILES string of the molecule is FC1=C(F)N(F)C(F)(F)C1F.O=C(O)CF. The number of hydrogen-bond acceptors (Lipinski definition) is 2. The number of carbonyl (C=O) groups is 1. The predicted octanol–water partition coefficient (Wildman–Crippen LogP) is 2.27. The minimum atomic E-state index is -4.77. The van der Waals surface area contributed by atoms with E-state index in [0.717, 1.165) is 0 Å². The Hall–Kier alpha value is -1.48. The van der Waals surface area contributed by atoms with Gasteiger partial charge in [0.2, 0.25) is 6.17 Å². The second kappa shape index (κ2) is 5.03. The van der Waals surface area contributed by atoms with E-state index in [1.165, 1.54) is 0 Å². The fourth-order valence-corrected chi connectivity index (χ4v) is 0.581. The van der Waals surface area contributed by atoms with Gasteiger partial charge >= 0.3 is 12.0 Å². The van der Waals surface area contributed by atoms with Crippen LogP contribution < -0.4 is 0 Å². The van der Waals surface area contributed by atoms with Crippen LogP contribution in [0.4, 0.5) is 30.8 Å². The van der Waals surface area contributed by atoms with Crippen molar-refractivity contribution >= 4 is 5.97 Å². The van der Waals surface area contributed by atoms with Crippen molar-refractivity contribution < 1.29 is 40.7 Å². The van der Waals surface area contributed by atoms with Crippen molar-refractivity contribution in [1.29, 1.82) is 0 Å². The van der Waals surface area contributed by atoms with Crippen molar-refractivity contribution in [2.45, 2.75) is 12.2 Å². The Morgan fingerprint density at radius 3 is 1.88 bits per heavy atom. The van der Waals surface area contributed by atoms with E-state index in [9.17, 15) is 30.8 Å². The Morgan fingerprint density at radius 1 is 1.44 bits per heavy atom. The first-order valence-corrected chi connectivity index (χ1v) is 3.47. The molecule has 1 atom stereocenters. The summed E-state index contributed by atoms with van der Waals surface area (Å²) in [6.45, 7) is -1.28. The number of rotatable bonds is 1. The number of halogens is 7. The number of carboxylic acid groups (broad SMARTS) is 1. The summed E-state index contributed by atoms with van der Waals surface area (Å²) < 4.78 is 81.6. The third-order valence-corrected chi connectivity index (χ3v) is 1.27. The van der Waals surface area contributed by atoms with Gasteiger partial charge in [0.05, 0.1) is 0 Å². The Balaban J connectivity index is 0.000000385. The van der Waals surface area contributed by atoms with E-state index in [0.29, 0.717) is 0 Å². The highest BCUT2D eigenvalue weighted by Crippen LogP contribution is 2.43. The summed E-state index contributed by atoms with van der Waals surface area (Å²) in [7, 11) is 0. The molecular weight excluding hydrogens is 251 g/mol. The van der Waals surface area contributed by atoms with Crippen LogP contribution in [0, 0.1) is 0 Å². The summed E-state index contributed by atoms with van der Waals surface area (Å²) in [5.41, 5.74) is 0. The van der Waals surface area contributed by atoms with Gasteiger partial charge < -0.3 is 5.11 Å². The van der Waals surface area contributed by atoms with Crippen molar-refractivity contribution in [2.24, 2.45) is 0 Å². The summed E-state index contributed by atoms with van der Waals surface area (Å²) in [6.07, 6.45) is -3.56. The molecule has 0 radical (unpaired) electrons. The molecule has 0 amide bonds. The first-order chi connectivity index (χ1) is 7.16. The van der Waals surface area contributed by atoms with E-state index in [1.807, 2.05) is 0 Å². The molecule has 94 valence electrons. The molecule has 16 heavy (non-hydrogen) atoms. The van der Waals surface area contributed by atoms with Gasteiger partial charge in [-0.2, -0.15) is 13.2 Å². The van der Waals surface area contributed by atoms with Gasteiger partial charge in [0.15, 0.2) is 12.5 Å². The van der Waals surface area contributed by atoms with Crippen LogP contribution >= 0.6 is 0 Å². The molecule has 1 aliphatic rings. The van der Waals surface area contributed by atoms with Gasteiger partial charge in [-0.3, -0.25) is 0 Å². The van der Waals surface area contributed by atoms with Crippen LogP contribution in [-0.4, -0.2) is 35.1 Å². The van der Waals surface area contributed by atoms with Gasteiger partial charge in [-0.25, -0.2) is 18.0 Å². The summed E-state index contributed by atoms with van der Waals surface area (Å²) in [6, 6.07) is -4.77. The average molecular weight is 255 g/mol. The zero-order valence-corrected chi connectivity index (χ0v) is 7.23. The zero-order valence-electron chi connectivity index (χ0n) is 7.23. The van der Waals surface area contributed by atoms with Crippen molar-refractivity contribution in [3.05, 3.63) is 11.8 Å². The lowest BCUT2D eigenvalue weighted by molar-refractivity contribution is -0.233. The zero-order chi connectivity index (χ0) is 13.1. The Kier molecular flexibility index (Phi) is 4.57. The van der Waals surface area contributed by atoms with Gasteiger partial charge in [0.1, 0.15) is 0 Å². The highest BCUT2D eigenvalue weighted by molar-refractivity contribution is 5.67. The molecule has 1 aliphatic heterocycles. The molecule has 0 aromatic rings. The molecule has 1 unspecified atom stereocenters. The molecule has 0 spiro atoms. The molecule has 0 aromatic carbocycles. The number of alkyl halides is 4. The maximum absolute atomic E-state index is 11.9. The van der Waals surface area contributed by atoms with Crippen molar-refractivity contribution in [3.8, 4) is 0 Å². The molecule has 1 rings (SSSR count). The molecule has 0 bridgehead atoms. The van der Waals surface area contributed by atoms with E-state index in [2.05, 4.69) is 0 Å². The smallest absolute Gasteiger partial charge is 0.390 e. The third kappa shape index (κ3) is 2.76. The van der Waals surface area contributed by atoms with Crippen molar-refractivity contribution in [3.63, 3.8) is 0 Å². The van der Waals surface area contributed by atoms with E-state index >= 15 is 0 Å². The van der Waals surface area contributed by atoms with Crippen molar-refractivity contribution in [1.82, 2.24) is 5.12 Å². The molecule has 0 fully saturated rings.